The van der Waals surface area contributed by atoms with E-state index in [1.807, 2.05) is 73.6 Å². The Morgan fingerprint density at radius 1 is 0.180 bits per heavy atom. The monoisotopic (exact) mass is 1300 g/mol. The van der Waals surface area contributed by atoms with Gasteiger partial charge in [-0.05, 0) is 103 Å². The van der Waals surface area contributed by atoms with Crippen LogP contribution in [-0.4, -0.2) is 29.9 Å². The van der Waals surface area contributed by atoms with Crippen LogP contribution < -0.4 is 37.3 Å². The zero-order valence-corrected chi connectivity index (χ0v) is 50.0. The quantitative estimate of drug-likeness (QED) is 0.111. The first kappa shape index (κ1) is 62.4. The van der Waals surface area contributed by atoms with Crippen molar-refractivity contribution in [2.45, 2.75) is 0 Å². The fourth-order valence-electron chi connectivity index (χ4n) is 10.7. The van der Waals surface area contributed by atoms with Gasteiger partial charge < -0.3 is 0 Å². The summed E-state index contributed by atoms with van der Waals surface area (Å²) in [5.41, 5.74) is 19.9. The molecule has 436 valence electrons. The second-order valence-corrected chi connectivity index (χ2v) is 21.2. The molecule has 0 aliphatic rings. The van der Waals surface area contributed by atoms with Crippen molar-refractivity contribution in [3.05, 3.63) is 292 Å². The number of hydrogen-bond donors (Lipinski definition) is 0. The summed E-state index contributed by atoms with van der Waals surface area (Å²) in [5, 5.41) is 6.77. The van der Waals surface area contributed by atoms with Crippen LogP contribution in [0.5, 0.6) is 0 Å². The van der Waals surface area contributed by atoms with Gasteiger partial charge in [-0.2, -0.15) is 0 Å². The molecule has 6 aromatic heterocycles. The molecule has 6 heterocycles. The van der Waals surface area contributed by atoms with E-state index >= 15 is 0 Å². The molecule has 15 aromatic rings. The van der Waals surface area contributed by atoms with E-state index in [0.717, 1.165) is 65.4 Å². The molecule has 0 spiro atoms. The molecule has 0 N–H and O–H groups in total. The van der Waals surface area contributed by atoms with Gasteiger partial charge >= 0.3 is 19.5 Å². The SMILES string of the molecule is [O-][Cl+3]([O-])([O-])[O-].[O-][Cl+3]([O-])([O-])[O-].[Ru+2].c1ccc(-c2ccnc3c2ccc2c(-c4ccccc4)ccnc23)cc1.c1ccc(-c2ccnc3c2ccc2c(-c4ccccc4)ccnc23)cc1.c1ccc(-c2ccnc3c2ccc2c(-c4ccccc4)ccnc23)cc1. The number of rotatable bonds is 6. The summed E-state index contributed by atoms with van der Waals surface area (Å²) in [7, 11) is -9.89. The van der Waals surface area contributed by atoms with Crippen LogP contribution in [0.1, 0.15) is 0 Å². The van der Waals surface area contributed by atoms with Crippen molar-refractivity contribution in [3.63, 3.8) is 0 Å². The predicted molar refractivity (Wildman–Crippen MR) is 324 cm³/mol. The topological polar surface area (TPSA) is 262 Å². The number of pyridine rings is 6. The fourth-order valence-corrected chi connectivity index (χ4v) is 10.7. The first-order chi connectivity index (χ1) is 42.7. The van der Waals surface area contributed by atoms with E-state index in [9.17, 15) is 0 Å². The molecule has 89 heavy (non-hydrogen) atoms. The van der Waals surface area contributed by atoms with E-state index in [0.29, 0.717) is 0 Å². The Bertz CT molecular complexity index is 4060. The number of hydrogen-bond acceptors (Lipinski definition) is 14. The predicted octanol–water partition coefficient (Wildman–Crippen LogP) is 8.84. The van der Waals surface area contributed by atoms with Gasteiger partial charge in [-0.3, -0.25) is 29.9 Å². The van der Waals surface area contributed by atoms with Gasteiger partial charge in [0.05, 0.1) is 33.1 Å². The van der Waals surface area contributed by atoms with Crippen LogP contribution in [0.25, 0.3) is 132 Å². The molecule has 0 saturated heterocycles. The van der Waals surface area contributed by atoms with Gasteiger partial charge in [0.25, 0.3) is 0 Å². The van der Waals surface area contributed by atoms with Gasteiger partial charge in [0, 0.05) is 69.5 Å². The maximum absolute atomic E-state index is 8.49. The van der Waals surface area contributed by atoms with E-state index in [4.69, 9.17) is 37.3 Å². The van der Waals surface area contributed by atoms with Crippen LogP contribution >= 0.6 is 0 Å². The third kappa shape index (κ3) is 15.2. The van der Waals surface area contributed by atoms with E-state index in [-0.39, 0.29) is 19.5 Å². The Kier molecular flexibility index (Phi) is 19.9. The van der Waals surface area contributed by atoms with Crippen LogP contribution in [0.15, 0.2) is 292 Å². The third-order valence-electron chi connectivity index (χ3n) is 14.4. The van der Waals surface area contributed by atoms with Crippen LogP contribution in [0.2, 0.25) is 0 Å². The number of benzene rings is 9. The average molecular weight is 1300 g/mol. The summed E-state index contributed by atoms with van der Waals surface area (Å²) in [5.74, 6) is 0. The van der Waals surface area contributed by atoms with Crippen molar-refractivity contribution in [3.8, 4) is 66.8 Å². The minimum absolute atomic E-state index is 0. The van der Waals surface area contributed by atoms with Crippen LogP contribution in [-0.2, 0) is 19.5 Å². The molecule has 9 aromatic carbocycles. The molecule has 17 heteroatoms. The van der Waals surface area contributed by atoms with Crippen molar-refractivity contribution in [2.75, 3.05) is 0 Å². The van der Waals surface area contributed by atoms with Crippen molar-refractivity contribution in [1.29, 1.82) is 0 Å². The van der Waals surface area contributed by atoms with Crippen LogP contribution in [0.4, 0.5) is 0 Å². The minimum atomic E-state index is -4.94. The smallest absolute Gasteiger partial charge is 0.254 e. The molecule has 0 unspecified atom stereocenters. The van der Waals surface area contributed by atoms with E-state index in [1.165, 1.54) is 66.8 Å². The molecule has 0 aliphatic carbocycles. The second kappa shape index (κ2) is 28.4. The summed E-state index contributed by atoms with van der Waals surface area (Å²) in [6.07, 6.45) is 11.3. The molecular formula is C72H48Cl2N6O8Ru. The van der Waals surface area contributed by atoms with Crippen LogP contribution in [0, 0.1) is 20.5 Å². The van der Waals surface area contributed by atoms with Crippen LogP contribution in [0.3, 0.4) is 0 Å². The Labute approximate surface area is 527 Å². The summed E-state index contributed by atoms with van der Waals surface area (Å²) in [4.78, 5) is 28.0. The fraction of sp³-hybridized carbons (Fsp3) is 0. The van der Waals surface area contributed by atoms with Gasteiger partial charge in [0.2, 0.25) is 0 Å². The first-order valence-electron chi connectivity index (χ1n) is 27.3. The Morgan fingerprint density at radius 2 is 0.303 bits per heavy atom. The summed E-state index contributed by atoms with van der Waals surface area (Å²) in [6, 6.07) is 88.0. The minimum Gasteiger partial charge on any atom is -0.254 e. The van der Waals surface area contributed by atoms with Crippen molar-refractivity contribution >= 4 is 65.4 Å². The number of aromatic nitrogens is 6. The molecule has 0 radical (unpaired) electrons. The maximum Gasteiger partial charge on any atom is 2.00 e. The summed E-state index contributed by atoms with van der Waals surface area (Å²) < 4.78 is 67.9. The summed E-state index contributed by atoms with van der Waals surface area (Å²) >= 11 is 0. The van der Waals surface area contributed by atoms with Gasteiger partial charge in [0.1, 0.15) is 0 Å². The molecule has 0 amide bonds. The van der Waals surface area contributed by atoms with Crippen molar-refractivity contribution < 1.29 is 77.2 Å². The first-order valence-corrected chi connectivity index (χ1v) is 29.8. The molecule has 0 saturated carbocycles. The van der Waals surface area contributed by atoms with Gasteiger partial charge in [-0.25, -0.2) is 37.3 Å². The molecule has 0 fully saturated rings. The number of halogens is 2. The Morgan fingerprint density at radius 3 is 0.427 bits per heavy atom. The molecular weight excluding hydrogens is 1250 g/mol. The zero-order valence-electron chi connectivity index (χ0n) is 46.8. The molecule has 14 nitrogen and oxygen atoms in total. The van der Waals surface area contributed by atoms with Gasteiger partial charge in [-0.15, -0.1) is 20.5 Å². The molecule has 0 atom stereocenters. The number of fused-ring (bicyclic) bond motifs is 9. The van der Waals surface area contributed by atoms with Gasteiger partial charge in [0.15, 0.2) is 0 Å². The zero-order chi connectivity index (χ0) is 61.0. The molecule has 0 bridgehead atoms. The summed E-state index contributed by atoms with van der Waals surface area (Å²) in [6.45, 7) is 0. The largest absolute Gasteiger partial charge is 2.00 e. The molecule has 15 rings (SSSR count). The van der Waals surface area contributed by atoms with Crippen molar-refractivity contribution in [1.82, 2.24) is 29.9 Å². The second-order valence-electron chi connectivity index (χ2n) is 19.7. The Hall–Kier alpha value is -9.68. The molecule has 0 aliphatic heterocycles. The van der Waals surface area contributed by atoms with Gasteiger partial charge in [-0.1, -0.05) is 218 Å². The normalized spacial score (nSPS) is 11.1. The third-order valence-corrected chi connectivity index (χ3v) is 14.4. The van der Waals surface area contributed by atoms with Crippen molar-refractivity contribution in [2.24, 2.45) is 0 Å². The van der Waals surface area contributed by atoms with E-state index < -0.39 is 20.5 Å². The standard InChI is InChI=1S/3C24H16N2.2ClHO4.Ru/c3*1-3-7-17(8-4-1)19-13-15-25-23-21(19)11-12-22-20(14-16-26-24(22)23)18-9-5-2-6-10-18;2*2-1(3,4)5;/h3*1-16H;2*(H,2,3,4,5);/q;;;;;+2/p-2. The Balaban J connectivity index is 0.000000136. The number of nitrogens with zero attached hydrogens (tertiary/aromatic N) is 6. The maximum atomic E-state index is 8.49. The van der Waals surface area contributed by atoms with E-state index in [1.54, 1.807) is 0 Å². The average Bonchev–Trinajstić information content (AvgIpc) is 0.832. The van der Waals surface area contributed by atoms with E-state index in [2.05, 4.69) is 248 Å².